The summed E-state index contributed by atoms with van der Waals surface area (Å²) < 4.78 is 6.38. The van der Waals surface area contributed by atoms with E-state index in [4.69, 9.17) is 4.74 Å². The predicted molar refractivity (Wildman–Crippen MR) is 104 cm³/mol. The first-order valence-corrected chi connectivity index (χ1v) is 9.11. The van der Waals surface area contributed by atoms with E-state index in [0.717, 1.165) is 47.5 Å². The lowest BCUT2D eigenvalue weighted by Gasteiger charge is -2.17. The fraction of sp³-hybridized carbons (Fsp3) is 0.250. The van der Waals surface area contributed by atoms with Gasteiger partial charge in [0, 0.05) is 28.4 Å². The number of fused-ring (bicyclic) bond motifs is 2. The maximum absolute atomic E-state index is 6.38. The first kappa shape index (κ1) is 15.9. The van der Waals surface area contributed by atoms with Crippen LogP contribution in [-0.2, 0) is 12.8 Å². The number of hydrogen-bond acceptors (Lipinski definition) is 5. The second-order valence-electron chi connectivity index (χ2n) is 7.04. The zero-order valence-electron chi connectivity index (χ0n) is 15.3. The molecule has 0 saturated carbocycles. The first-order chi connectivity index (χ1) is 13.2. The monoisotopic (exact) mass is 360 g/mol. The summed E-state index contributed by atoms with van der Waals surface area (Å²) in [5.41, 5.74) is 7.04. The van der Waals surface area contributed by atoms with Crippen LogP contribution >= 0.6 is 0 Å². The van der Waals surface area contributed by atoms with Gasteiger partial charge >= 0.3 is 0 Å². The number of aryl methyl sites for hydroxylation is 2. The third-order valence-electron chi connectivity index (χ3n) is 5.21. The van der Waals surface area contributed by atoms with Gasteiger partial charge in [-0.2, -0.15) is 0 Å². The fourth-order valence-electron chi connectivity index (χ4n) is 3.91. The molecule has 5 rings (SSSR count). The molecule has 2 aromatic heterocycles. The molecule has 3 N–H and O–H groups in total. The minimum absolute atomic E-state index is 0.547. The highest BCUT2D eigenvalue weighted by molar-refractivity contribution is 5.84. The van der Waals surface area contributed by atoms with Crippen molar-refractivity contribution in [3.8, 4) is 11.5 Å². The Labute approximate surface area is 156 Å². The maximum Gasteiger partial charge on any atom is 0.244 e. The summed E-state index contributed by atoms with van der Waals surface area (Å²) in [6.07, 6.45) is 5.18. The molecule has 0 saturated heterocycles. The number of tetrazole rings is 1. The largest absolute Gasteiger partial charge is 0.457 e. The van der Waals surface area contributed by atoms with Gasteiger partial charge in [-0.25, -0.2) is 5.10 Å². The lowest BCUT2D eigenvalue weighted by Crippen LogP contribution is -2.01. The van der Waals surface area contributed by atoms with Crippen molar-refractivity contribution >= 4 is 22.5 Å². The molecule has 0 fully saturated rings. The smallest absolute Gasteiger partial charge is 0.244 e. The molecule has 0 aliphatic heterocycles. The minimum Gasteiger partial charge on any atom is -0.457 e. The van der Waals surface area contributed by atoms with Crippen LogP contribution in [0.3, 0.4) is 0 Å². The Morgan fingerprint density at radius 3 is 2.81 bits per heavy atom. The Morgan fingerprint density at radius 2 is 1.96 bits per heavy atom. The minimum atomic E-state index is 0.547. The van der Waals surface area contributed by atoms with Crippen LogP contribution in [0.15, 0.2) is 30.5 Å². The number of aromatic nitrogens is 5. The van der Waals surface area contributed by atoms with Crippen LogP contribution in [0.25, 0.3) is 10.9 Å². The Morgan fingerprint density at radius 1 is 1.07 bits per heavy atom. The molecule has 4 aromatic rings. The molecule has 0 amide bonds. The number of ether oxygens (including phenoxy) is 1. The summed E-state index contributed by atoms with van der Waals surface area (Å²) in [6, 6.07) is 8.31. The second-order valence-corrected chi connectivity index (χ2v) is 7.04. The average Bonchev–Trinajstić information content (AvgIpc) is 3.40. The van der Waals surface area contributed by atoms with Crippen molar-refractivity contribution in [3.63, 3.8) is 0 Å². The number of nitrogens with zero attached hydrogens (tertiary/aromatic N) is 3. The van der Waals surface area contributed by atoms with Crippen LogP contribution in [0, 0.1) is 13.8 Å². The van der Waals surface area contributed by atoms with Crippen molar-refractivity contribution < 1.29 is 4.74 Å². The van der Waals surface area contributed by atoms with Gasteiger partial charge in [-0.1, -0.05) is 5.10 Å². The number of benzene rings is 2. The van der Waals surface area contributed by atoms with E-state index in [9.17, 15) is 0 Å². The SMILES string of the molecule is Cc1cc(Nc2nnn[nH]2)c2c(c1Oc1ccc3[nH]cc(C)c3c1)CCC2. The maximum atomic E-state index is 6.38. The van der Waals surface area contributed by atoms with Gasteiger partial charge in [0.05, 0.1) is 0 Å². The zero-order valence-corrected chi connectivity index (χ0v) is 15.3. The number of H-pyrrole nitrogens is 2. The molecule has 1 aliphatic rings. The summed E-state index contributed by atoms with van der Waals surface area (Å²) >= 11 is 0. The van der Waals surface area contributed by atoms with Crippen molar-refractivity contribution in [2.45, 2.75) is 33.1 Å². The van der Waals surface area contributed by atoms with E-state index in [1.807, 2.05) is 12.3 Å². The third-order valence-corrected chi connectivity index (χ3v) is 5.21. The average molecular weight is 360 g/mol. The highest BCUT2D eigenvalue weighted by atomic mass is 16.5. The van der Waals surface area contributed by atoms with Crippen molar-refractivity contribution in [1.29, 1.82) is 0 Å². The molecular weight excluding hydrogens is 340 g/mol. The standard InChI is InChI=1S/C20H20N6O/c1-11-8-18(22-20-23-25-26-24-20)14-4-3-5-15(14)19(11)27-13-6-7-17-16(9-13)12(2)10-21-17/h6-10,21H,3-5H2,1-2H3,(H2,22,23,24,25,26). The van der Waals surface area contributed by atoms with Crippen LogP contribution < -0.4 is 10.1 Å². The summed E-state index contributed by atoms with van der Waals surface area (Å²) in [4.78, 5) is 3.28. The van der Waals surface area contributed by atoms with Crippen molar-refractivity contribution in [2.24, 2.45) is 0 Å². The van der Waals surface area contributed by atoms with Gasteiger partial charge in [-0.15, -0.1) is 0 Å². The second kappa shape index (κ2) is 6.12. The molecule has 136 valence electrons. The summed E-state index contributed by atoms with van der Waals surface area (Å²) in [7, 11) is 0. The Kier molecular flexibility index (Phi) is 3.60. The highest BCUT2D eigenvalue weighted by Gasteiger charge is 2.23. The molecule has 2 aromatic carbocycles. The van der Waals surface area contributed by atoms with Crippen LogP contribution in [0.4, 0.5) is 11.6 Å². The topological polar surface area (TPSA) is 91.5 Å². The lowest BCUT2D eigenvalue weighted by atomic mass is 10.0. The molecule has 0 atom stereocenters. The molecule has 0 radical (unpaired) electrons. The van der Waals surface area contributed by atoms with Crippen LogP contribution in [0.5, 0.6) is 11.5 Å². The van der Waals surface area contributed by atoms with Gasteiger partial charge in [0.25, 0.3) is 0 Å². The molecular formula is C20H20N6O. The predicted octanol–water partition coefficient (Wildman–Crippen LogP) is 4.32. The molecule has 7 nitrogen and oxygen atoms in total. The third kappa shape index (κ3) is 2.71. The van der Waals surface area contributed by atoms with Gasteiger partial charge in [-0.05, 0) is 84.5 Å². The number of nitrogens with one attached hydrogen (secondary N) is 3. The Balaban J connectivity index is 1.54. The zero-order chi connectivity index (χ0) is 18.4. The molecule has 1 aliphatic carbocycles. The van der Waals surface area contributed by atoms with Gasteiger partial charge in [-0.3, -0.25) is 0 Å². The number of hydrogen-bond donors (Lipinski definition) is 3. The quantitative estimate of drug-likeness (QED) is 0.504. The Hall–Kier alpha value is -3.35. The summed E-state index contributed by atoms with van der Waals surface area (Å²) in [5, 5.41) is 18.4. The van der Waals surface area contributed by atoms with Crippen molar-refractivity contribution in [3.05, 3.63) is 52.7 Å². The molecule has 2 heterocycles. The molecule has 0 spiro atoms. The highest BCUT2D eigenvalue weighted by Crippen LogP contribution is 2.41. The molecule has 27 heavy (non-hydrogen) atoms. The normalized spacial score (nSPS) is 13.1. The van der Waals surface area contributed by atoms with E-state index < -0.39 is 0 Å². The first-order valence-electron chi connectivity index (χ1n) is 9.11. The van der Waals surface area contributed by atoms with E-state index in [0.29, 0.717) is 5.95 Å². The number of anilines is 2. The Bertz CT molecular complexity index is 1130. The summed E-state index contributed by atoms with van der Waals surface area (Å²) in [5.74, 6) is 2.38. The molecule has 0 unspecified atom stereocenters. The van der Waals surface area contributed by atoms with Crippen LogP contribution in [-0.4, -0.2) is 25.6 Å². The van der Waals surface area contributed by atoms with E-state index in [2.05, 4.69) is 63.0 Å². The fourth-order valence-corrected chi connectivity index (χ4v) is 3.91. The van der Waals surface area contributed by atoms with E-state index in [-0.39, 0.29) is 0 Å². The van der Waals surface area contributed by atoms with Crippen LogP contribution in [0.2, 0.25) is 0 Å². The van der Waals surface area contributed by atoms with Crippen molar-refractivity contribution in [1.82, 2.24) is 25.6 Å². The van der Waals surface area contributed by atoms with Gasteiger partial charge in [0.15, 0.2) is 0 Å². The molecule has 0 bridgehead atoms. The van der Waals surface area contributed by atoms with Gasteiger partial charge in [0.2, 0.25) is 5.95 Å². The summed E-state index contributed by atoms with van der Waals surface area (Å²) in [6.45, 7) is 4.18. The van der Waals surface area contributed by atoms with E-state index in [1.165, 1.54) is 22.1 Å². The number of aromatic amines is 2. The number of rotatable bonds is 4. The lowest BCUT2D eigenvalue weighted by molar-refractivity contribution is 0.474. The van der Waals surface area contributed by atoms with Crippen LogP contribution in [0.1, 0.15) is 28.7 Å². The van der Waals surface area contributed by atoms with Crippen molar-refractivity contribution in [2.75, 3.05) is 5.32 Å². The van der Waals surface area contributed by atoms with E-state index >= 15 is 0 Å². The van der Waals surface area contributed by atoms with Gasteiger partial charge in [0.1, 0.15) is 11.5 Å². The van der Waals surface area contributed by atoms with E-state index in [1.54, 1.807) is 0 Å². The molecule has 7 heteroatoms. The van der Waals surface area contributed by atoms with Gasteiger partial charge < -0.3 is 15.0 Å².